The van der Waals surface area contributed by atoms with Gasteiger partial charge in [-0.25, -0.2) is 8.42 Å². The average Bonchev–Trinajstić information content (AvgIpc) is 2.67. The van der Waals surface area contributed by atoms with Gasteiger partial charge in [-0.05, 0) is 81.7 Å². The van der Waals surface area contributed by atoms with Gasteiger partial charge in [0.1, 0.15) is 0 Å². The average molecular weight is 400 g/mol. The van der Waals surface area contributed by atoms with Crippen LogP contribution in [-0.2, 0) is 24.1 Å². The minimum Gasteiger partial charge on any atom is -0.399 e. The SMILES string of the molecule is Cc1c(CS(=O)(=O)Cl)c(C)c(B2OC(C)(C)C(C)(C)O2)c(C)c1N=[N+]=[N-]. The number of azide groups is 1. The number of hydrogen-bond donors (Lipinski definition) is 0. The van der Waals surface area contributed by atoms with Gasteiger partial charge in [-0.1, -0.05) is 5.11 Å². The zero-order valence-electron chi connectivity index (χ0n) is 16.0. The van der Waals surface area contributed by atoms with Crippen molar-refractivity contribution in [3.05, 3.63) is 32.7 Å². The number of benzene rings is 1. The van der Waals surface area contributed by atoms with E-state index in [9.17, 15) is 8.42 Å². The van der Waals surface area contributed by atoms with E-state index in [2.05, 4.69) is 10.0 Å². The van der Waals surface area contributed by atoms with Crippen LogP contribution in [-0.4, -0.2) is 26.7 Å². The first-order chi connectivity index (χ1) is 11.7. The standard InChI is InChI=1S/C16H23BClN3O4S/c1-9-12(8-26(18,22)23)10(2)14(20-21-19)11(3)13(9)17-24-15(4,5)16(6,7)25-17/h8H2,1-7H3. The largest absolute Gasteiger partial charge is 0.495 e. The molecule has 0 atom stereocenters. The molecule has 0 spiro atoms. The van der Waals surface area contributed by atoms with E-state index in [0.717, 1.165) is 0 Å². The molecule has 142 valence electrons. The third-order valence-corrected chi connectivity index (χ3v) is 6.33. The lowest BCUT2D eigenvalue weighted by molar-refractivity contribution is 0.00578. The Morgan fingerprint density at radius 1 is 1.08 bits per heavy atom. The van der Waals surface area contributed by atoms with Crippen molar-refractivity contribution in [3.63, 3.8) is 0 Å². The molecular weight excluding hydrogens is 377 g/mol. The van der Waals surface area contributed by atoms with Crippen LogP contribution in [0.2, 0.25) is 0 Å². The third-order valence-electron chi connectivity index (χ3n) is 5.37. The van der Waals surface area contributed by atoms with Crippen molar-refractivity contribution >= 4 is 38.0 Å². The first kappa shape index (κ1) is 21.1. The molecule has 0 unspecified atom stereocenters. The summed E-state index contributed by atoms with van der Waals surface area (Å²) < 4.78 is 35.7. The Morgan fingerprint density at radius 2 is 1.58 bits per heavy atom. The highest BCUT2D eigenvalue weighted by molar-refractivity contribution is 8.13. The topological polar surface area (TPSA) is 101 Å². The molecule has 1 aliphatic rings. The van der Waals surface area contributed by atoms with E-state index in [1.807, 2.05) is 34.6 Å². The maximum Gasteiger partial charge on any atom is 0.495 e. The molecule has 1 aromatic rings. The molecular formula is C16H23BClN3O4S. The number of nitrogens with zero attached hydrogens (tertiary/aromatic N) is 3. The monoisotopic (exact) mass is 399 g/mol. The Balaban J connectivity index is 2.76. The molecule has 10 heteroatoms. The van der Waals surface area contributed by atoms with Gasteiger partial charge >= 0.3 is 7.12 Å². The molecule has 2 rings (SSSR count). The highest BCUT2D eigenvalue weighted by Crippen LogP contribution is 2.39. The second kappa shape index (κ2) is 6.73. The van der Waals surface area contributed by atoms with Gasteiger partial charge in [0.05, 0.1) is 17.0 Å². The molecule has 0 N–H and O–H groups in total. The third kappa shape index (κ3) is 3.73. The molecule has 1 fully saturated rings. The number of rotatable bonds is 4. The fraction of sp³-hybridized carbons (Fsp3) is 0.625. The molecule has 0 aliphatic carbocycles. The molecule has 0 radical (unpaired) electrons. The summed E-state index contributed by atoms with van der Waals surface area (Å²) in [6.45, 7) is 13.1. The fourth-order valence-electron chi connectivity index (χ4n) is 3.17. The summed E-state index contributed by atoms with van der Waals surface area (Å²) in [5.74, 6) is -0.368. The van der Waals surface area contributed by atoms with Crippen molar-refractivity contribution in [1.82, 2.24) is 0 Å². The molecule has 1 aromatic carbocycles. The van der Waals surface area contributed by atoms with Crippen LogP contribution in [0.5, 0.6) is 0 Å². The zero-order chi connectivity index (χ0) is 20.1. The van der Waals surface area contributed by atoms with Crippen molar-refractivity contribution in [1.29, 1.82) is 0 Å². The van der Waals surface area contributed by atoms with Gasteiger partial charge in [-0.15, -0.1) is 0 Å². The summed E-state index contributed by atoms with van der Waals surface area (Å²) in [7, 11) is 0.989. The summed E-state index contributed by atoms with van der Waals surface area (Å²) in [4.78, 5) is 2.88. The second-order valence-corrected chi connectivity index (χ2v) is 10.4. The Bertz CT molecular complexity index is 893. The van der Waals surface area contributed by atoms with E-state index < -0.39 is 27.4 Å². The van der Waals surface area contributed by atoms with Crippen molar-refractivity contribution in [2.24, 2.45) is 5.11 Å². The molecule has 0 amide bonds. The molecule has 26 heavy (non-hydrogen) atoms. The maximum absolute atomic E-state index is 11.7. The first-order valence-corrected chi connectivity index (χ1v) is 10.7. The minimum atomic E-state index is -3.80. The summed E-state index contributed by atoms with van der Waals surface area (Å²) >= 11 is 0. The molecule has 7 nitrogen and oxygen atoms in total. The van der Waals surface area contributed by atoms with Crippen LogP contribution in [0.25, 0.3) is 10.4 Å². The van der Waals surface area contributed by atoms with Crippen LogP contribution in [0.15, 0.2) is 5.11 Å². The summed E-state index contributed by atoms with van der Waals surface area (Å²) in [5, 5.41) is 3.77. The predicted octanol–water partition coefficient (Wildman–Crippen LogP) is 3.92. The van der Waals surface area contributed by atoms with Gasteiger partial charge in [-0.3, -0.25) is 0 Å². The van der Waals surface area contributed by atoms with E-state index in [1.54, 1.807) is 13.8 Å². The van der Waals surface area contributed by atoms with Gasteiger partial charge in [0, 0.05) is 21.3 Å². The Hall–Kier alpha value is -1.25. The van der Waals surface area contributed by atoms with Gasteiger partial charge in [0.2, 0.25) is 9.05 Å². The number of hydrogen-bond acceptors (Lipinski definition) is 5. The van der Waals surface area contributed by atoms with Crippen LogP contribution < -0.4 is 5.46 Å². The Labute approximate surface area is 159 Å². The highest BCUT2D eigenvalue weighted by Gasteiger charge is 2.52. The van der Waals surface area contributed by atoms with Crippen LogP contribution in [0.1, 0.15) is 49.9 Å². The first-order valence-electron chi connectivity index (χ1n) is 8.17. The van der Waals surface area contributed by atoms with Crippen molar-refractivity contribution < 1.29 is 17.7 Å². The minimum absolute atomic E-state index is 0.368. The lowest BCUT2D eigenvalue weighted by Gasteiger charge is -2.32. The lowest BCUT2D eigenvalue weighted by Crippen LogP contribution is -2.41. The number of halogens is 1. The normalized spacial score (nSPS) is 18.7. The maximum atomic E-state index is 11.7. The van der Waals surface area contributed by atoms with E-state index in [4.69, 9.17) is 25.5 Å². The van der Waals surface area contributed by atoms with Crippen LogP contribution in [0.3, 0.4) is 0 Å². The smallest absolute Gasteiger partial charge is 0.399 e. The second-order valence-electron chi connectivity index (χ2n) is 7.58. The van der Waals surface area contributed by atoms with Crippen molar-refractivity contribution in [2.45, 2.75) is 65.4 Å². The Kier molecular flexibility index (Phi) is 5.45. The van der Waals surface area contributed by atoms with Crippen LogP contribution in [0, 0.1) is 20.8 Å². The molecule has 1 aliphatic heterocycles. The molecule has 1 heterocycles. The molecule has 0 aromatic heterocycles. The summed E-state index contributed by atoms with van der Waals surface area (Å²) in [6, 6.07) is 0. The Morgan fingerprint density at radius 3 is 2.00 bits per heavy atom. The van der Waals surface area contributed by atoms with Crippen LogP contribution >= 0.6 is 10.7 Å². The van der Waals surface area contributed by atoms with E-state index >= 15 is 0 Å². The van der Waals surface area contributed by atoms with Crippen molar-refractivity contribution in [3.8, 4) is 0 Å². The summed E-state index contributed by atoms with van der Waals surface area (Å²) in [5.41, 5.74) is 11.4. The van der Waals surface area contributed by atoms with E-state index in [1.165, 1.54) is 0 Å². The van der Waals surface area contributed by atoms with E-state index in [0.29, 0.717) is 33.4 Å². The predicted molar refractivity (Wildman–Crippen MR) is 104 cm³/mol. The van der Waals surface area contributed by atoms with Gasteiger partial charge in [0.25, 0.3) is 0 Å². The highest BCUT2D eigenvalue weighted by atomic mass is 35.7. The van der Waals surface area contributed by atoms with Gasteiger partial charge < -0.3 is 9.31 Å². The molecule has 0 bridgehead atoms. The van der Waals surface area contributed by atoms with Gasteiger partial charge in [0.15, 0.2) is 0 Å². The van der Waals surface area contributed by atoms with E-state index in [-0.39, 0.29) is 5.75 Å². The van der Waals surface area contributed by atoms with Gasteiger partial charge in [-0.2, -0.15) is 0 Å². The molecule has 1 saturated heterocycles. The zero-order valence-corrected chi connectivity index (χ0v) is 17.6. The summed E-state index contributed by atoms with van der Waals surface area (Å²) in [6.07, 6.45) is 0. The van der Waals surface area contributed by atoms with Crippen LogP contribution in [0.4, 0.5) is 5.69 Å². The fourth-order valence-corrected chi connectivity index (χ4v) is 4.28. The molecule has 0 saturated carbocycles. The van der Waals surface area contributed by atoms with Crippen molar-refractivity contribution in [2.75, 3.05) is 0 Å². The quantitative estimate of drug-likeness (QED) is 0.252. The lowest BCUT2D eigenvalue weighted by atomic mass is 9.71.